The molecule has 0 radical (unpaired) electrons. The maximum Gasteiger partial charge on any atom is 0.129 e. The summed E-state index contributed by atoms with van der Waals surface area (Å²) < 4.78 is 27.4. The molecule has 0 aliphatic heterocycles. The predicted molar refractivity (Wildman–Crippen MR) is 86.8 cm³/mol. The summed E-state index contributed by atoms with van der Waals surface area (Å²) in [6.07, 6.45) is 12.6. The van der Waals surface area contributed by atoms with Crippen molar-refractivity contribution in [3.05, 3.63) is 58.7 Å². The van der Waals surface area contributed by atoms with E-state index >= 15 is 0 Å². The monoisotopic (exact) mass is 302 g/mol. The fraction of sp³-hybridized carbons (Fsp3) is 0.500. The third-order valence-electron chi connectivity index (χ3n) is 5.35. The molecule has 1 unspecified atom stereocenters. The van der Waals surface area contributed by atoms with Crippen LogP contribution in [0.4, 0.5) is 8.78 Å². The first-order valence-corrected chi connectivity index (χ1v) is 8.38. The quantitative estimate of drug-likeness (QED) is 0.622. The Labute approximate surface area is 131 Å². The highest BCUT2D eigenvalue weighted by Crippen LogP contribution is 2.37. The smallest absolute Gasteiger partial charge is 0.129 e. The third kappa shape index (κ3) is 3.16. The van der Waals surface area contributed by atoms with Crippen LogP contribution in [0, 0.1) is 30.4 Å². The summed E-state index contributed by atoms with van der Waals surface area (Å²) >= 11 is 0. The molecular weight excluding hydrogens is 278 g/mol. The molecule has 0 amide bonds. The molecule has 0 N–H and O–H groups in total. The molecular formula is C20H24F2. The Morgan fingerprint density at radius 1 is 1.00 bits per heavy atom. The first-order valence-electron chi connectivity index (χ1n) is 8.38. The van der Waals surface area contributed by atoms with Gasteiger partial charge in [-0.3, -0.25) is 0 Å². The number of benzene rings is 1. The van der Waals surface area contributed by atoms with Crippen LogP contribution >= 0.6 is 0 Å². The van der Waals surface area contributed by atoms with Crippen LogP contribution in [0.15, 0.2) is 35.9 Å². The summed E-state index contributed by atoms with van der Waals surface area (Å²) in [4.78, 5) is 0. The predicted octanol–water partition coefficient (Wildman–Crippen LogP) is 6.07. The minimum atomic E-state index is -0.445. The van der Waals surface area contributed by atoms with Crippen LogP contribution in [-0.2, 0) is 0 Å². The number of allylic oxidation sites excluding steroid dienone is 4. The van der Waals surface area contributed by atoms with Crippen LogP contribution in [0.25, 0.3) is 0 Å². The molecule has 0 bridgehead atoms. The second-order valence-corrected chi connectivity index (χ2v) is 6.97. The van der Waals surface area contributed by atoms with Gasteiger partial charge in [0.25, 0.3) is 0 Å². The molecule has 118 valence electrons. The number of rotatable bonds is 2. The Hall–Kier alpha value is -1.44. The molecule has 1 fully saturated rings. The van der Waals surface area contributed by atoms with Gasteiger partial charge in [0.05, 0.1) is 0 Å². The topological polar surface area (TPSA) is 0 Å². The molecule has 0 spiro atoms. The lowest BCUT2D eigenvalue weighted by Gasteiger charge is -2.29. The van der Waals surface area contributed by atoms with E-state index in [2.05, 4.69) is 25.2 Å². The van der Waals surface area contributed by atoms with Gasteiger partial charge in [-0.15, -0.1) is 0 Å². The fourth-order valence-corrected chi connectivity index (χ4v) is 3.66. The molecule has 0 heterocycles. The Morgan fingerprint density at radius 3 is 2.18 bits per heavy atom. The lowest BCUT2D eigenvalue weighted by molar-refractivity contribution is 0.322. The summed E-state index contributed by atoms with van der Waals surface area (Å²) in [6.45, 7) is 3.81. The maximum absolute atomic E-state index is 13.7. The summed E-state index contributed by atoms with van der Waals surface area (Å²) in [7, 11) is 0. The molecule has 2 heteroatoms. The molecule has 0 saturated heterocycles. The highest BCUT2D eigenvalue weighted by molar-refractivity contribution is 5.36. The molecule has 3 rings (SSSR count). The first kappa shape index (κ1) is 15.5. The molecule has 1 saturated carbocycles. The van der Waals surface area contributed by atoms with Crippen molar-refractivity contribution in [1.29, 1.82) is 0 Å². The van der Waals surface area contributed by atoms with Crippen molar-refractivity contribution in [3.8, 4) is 0 Å². The lowest BCUT2D eigenvalue weighted by Crippen LogP contribution is -2.15. The Kier molecular flexibility index (Phi) is 4.46. The van der Waals surface area contributed by atoms with Crippen LogP contribution in [0.1, 0.15) is 56.1 Å². The number of halogens is 2. The van der Waals surface area contributed by atoms with Crippen molar-refractivity contribution in [1.82, 2.24) is 0 Å². The summed E-state index contributed by atoms with van der Waals surface area (Å²) in [6, 6.07) is 2.96. The highest BCUT2D eigenvalue weighted by Gasteiger charge is 2.22. The zero-order valence-electron chi connectivity index (χ0n) is 13.4. The first-order chi connectivity index (χ1) is 10.5. The zero-order chi connectivity index (χ0) is 15.7. The van der Waals surface area contributed by atoms with Gasteiger partial charge in [0, 0.05) is 11.5 Å². The summed E-state index contributed by atoms with van der Waals surface area (Å²) in [5, 5.41) is 0. The van der Waals surface area contributed by atoms with Crippen LogP contribution in [0.5, 0.6) is 0 Å². The van der Waals surface area contributed by atoms with Crippen molar-refractivity contribution >= 4 is 0 Å². The van der Waals surface area contributed by atoms with Gasteiger partial charge in [-0.25, -0.2) is 8.78 Å². The fourth-order valence-electron chi connectivity index (χ4n) is 3.66. The van der Waals surface area contributed by atoms with Gasteiger partial charge in [-0.1, -0.05) is 38.0 Å². The zero-order valence-corrected chi connectivity index (χ0v) is 13.4. The second kappa shape index (κ2) is 6.36. The van der Waals surface area contributed by atoms with Gasteiger partial charge in [0.1, 0.15) is 11.6 Å². The van der Waals surface area contributed by atoms with Crippen molar-refractivity contribution < 1.29 is 8.78 Å². The Morgan fingerprint density at radius 2 is 1.64 bits per heavy atom. The van der Waals surface area contributed by atoms with Crippen molar-refractivity contribution in [2.75, 3.05) is 0 Å². The average Bonchev–Trinajstić information content (AvgIpc) is 2.53. The van der Waals surface area contributed by atoms with Gasteiger partial charge < -0.3 is 0 Å². The van der Waals surface area contributed by atoms with E-state index in [0.717, 1.165) is 17.9 Å². The summed E-state index contributed by atoms with van der Waals surface area (Å²) in [5.74, 6) is 0.741. The van der Waals surface area contributed by atoms with Gasteiger partial charge in [-0.2, -0.15) is 0 Å². The molecule has 2 aliphatic rings. The largest absolute Gasteiger partial charge is 0.207 e. The third-order valence-corrected chi connectivity index (χ3v) is 5.35. The minimum Gasteiger partial charge on any atom is -0.207 e. The van der Waals surface area contributed by atoms with E-state index in [1.807, 2.05) is 0 Å². The maximum atomic E-state index is 13.7. The number of hydrogen-bond donors (Lipinski definition) is 0. The van der Waals surface area contributed by atoms with Crippen molar-refractivity contribution in [2.45, 2.75) is 51.9 Å². The highest BCUT2D eigenvalue weighted by atomic mass is 19.1. The number of hydrogen-bond acceptors (Lipinski definition) is 0. The summed E-state index contributed by atoms with van der Waals surface area (Å²) in [5.41, 5.74) is 2.27. The Bertz CT molecular complexity index is 581. The normalized spacial score (nSPS) is 28.5. The SMILES string of the molecule is Cc1c(F)cc(C2C=CC([C@H]3CC[C@H](C)CC3)=CC2)cc1F. The van der Waals surface area contributed by atoms with Crippen LogP contribution < -0.4 is 0 Å². The van der Waals surface area contributed by atoms with E-state index in [9.17, 15) is 8.78 Å². The van der Waals surface area contributed by atoms with E-state index in [1.54, 1.807) is 0 Å². The molecule has 1 atom stereocenters. The van der Waals surface area contributed by atoms with Crippen molar-refractivity contribution in [3.63, 3.8) is 0 Å². The Balaban J connectivity index is 1.70. The van der Waals surface area contributed by atoms with E-state index < -0.39 is 11.6 Å². The molecule has 0 aromatic heterocycles. The van der Waals surface area contributed by atoms with E-state index in [4.69, 9.17) is 0 Å². The average molecular weight is 302 g/mol. The molecule has 1 aromatic rings. The lowest BCUT2D eigenvalue weighted by atomic mass is 9.76. The van der Waals surface area contributed by atoms with Crippen LogP contribution in [0.3, 0.4) is 0 Å². The van der Waals surface area contributed by atoms with Gasteiger partial charge >= 0.3 is 0 Å². The van der Waals surface area contributed by atoms with E-state index in [1.165, 1.54) is 50.3 Å². The van der Waals surface area contributed by atoms with Gasteiger partial charge in [-0.05, 0) is 61.3 Å². The van der Waals surface area contributed by atoms with Crippen molar-refractivity contribution in [2.24, 2.45) is 11.8 Å². The molecule has 0 nitrogen and oxygen atoms in total. The molecule has 2 aliphatic carbocycles. The molecule has 1 aromatic carbocycles. The minimum absolute atomic E-state index is 0.0934. The van der Waals surface area contributed by atoms with Gasteiger partial charge in [0.2, 0.25) is 0 Å². The molecule has 22 heavy (non-hydrogen) atoms. The standard InChI is InChI=1S/C20H24F2/c1-13-3-5-15(6-4-13)16-7-9-17(10-8-16)18-11-19(21)14(2)20(22)12-18/h7-9,11-13,15,17H,3-6,10H2,1-2H3/t13-,15-,17?. The second-order valence-electron chi connectivity index (χ2n) is 6.97. The van der Waals surface area contributed by atoms with Crippen LogP contribution in [0.2, 0.25) is 0 Å². The van der Waals surface area contributed by atoms with E-state index in [0.29, 0.717) is 5.92 Å². The van der Waals surface area contributed by atoms with Crippen LogP contribution in [-0.4, -0.2) is 0 Å². The van der Waals surface area contributed by atoms with Gasteiger partial charge in [0.15, 0.2) is 0 Å². The van der Waals surface area contributed by atoms with E-state index in [-0.39, 0.29) is 11.5 Å².